The zero-order chi connectivity index (χ0) is 16.8. The maximum Gasteiger partial charge on any atom is 0.144 e. The molecule has 0 fully saturated rings. The lowest BCUT2D eigenvalue weighted by Crippen LogP contribution is -2.07. The van der Waals surface area contributed by atoms with E-state index in [-0.39, 0.29) is 0 Å². The Hall–Kier alpha value is -1.85. The minimum Gasteiger partial charge on any atom is -0.366 e. The molecule has 0 bridgehead atoms. The molecule has 6 heteroatoms. The lowest BCUT2D eigenvalue weighted by Gasteiger charge is -2.08. The largest absolute Gasteiger partial charge is 0.366 e. The Morgan fingerprint density at radius 2 is 2.13 bits per heavy atom. The van der Waals surface area contributed by atoms with E-state index in [1.165, 1.54) is 5.57 Å². The van der Waals surface area contributed by atoms with Gasteiger partial charge in [-0.3, -0.25) is 0 Å². The average molecular weight is 334 g/mol. The molecule has 0 spiro atoms. The second-order valence-corrected chi connectivity index (χ2v) is 5.49. The minimum absolute atomic E-state index is 0.542. The van der Waals surface area contributed by atoms with Crippen molar-refractivity contribution in [1.29, 1.82) is 0 Å². The average Bonchev–Trinajstić information content (AvgIpc) is 3.16. The molecule has 0 amide bonds. The second-order valence-electron chi connectivity index (χ2n) is 5.11. The number of aromatic amines is 1. The highest BCUT2D eigenvalue weighted by Crippen LogP contribution is 2.32. The van der Waals surface area contributed by atoms with Gasteiger partial charge in [0.25, 0.3) is 0 Å². The standard InChI is InChI=1S/C15H18ClN5.C2H6/c1-9-19-14(18-8-10-4-2-3-5-10)12-13(16)11(6-7-17)21-15(12)20-9;1-2/h2-4H,5-8,17H2,1H3,(H2,18,19,20,21);1-2H3. The summed E-state index contributed by atoms with van der Waals surface area (Å²) < 4.78 is 0. The highest BCUT2D eigenvalue weighted by Gasteiger charge is 2.16. The molecule has 0 saturated carbocycles. The van der Waals surface area contributed by atoms with E-state index in [0.717, 1.165) is 35.5 Å². The molecule has 23 heavy (non-hydrogen) atoms. The Morgan fingerprint density at radius 3 is 2.78 bits per heavy atom. The molecular formula is C17H24ClN5. The summed E-state index contributed by atoms with van der Waals surface area (Å²) in [6, 6.07) is 0. The van der Waals surface area contributed by atoms with Gasteiger partial charge in [-0.2, -0.15) is 0 Å². The van der Waals surface area contributed by atoms with E-state index in [4.69, 9.17) is 17.3 Å². The van der Waals surface area contributed by atoms with Crippen molar-refractivity contribution in [3.8, 4) is 0 Å². The summed E-state index contributed by atoms with van der Waals surface area (Å²) in [5.41, 5.74) is 8.62. The monoisotopic (exact) mass is 333 g/mol. The van der Waals surface area contributed by atoms with E-state index in [1.807, 2.05) is 20.8 Å². The van der Waals surface area contributed by atoms with Gasteiger partial charge in [0.05, 0.1) is 10.4 Å². The third-order valence-electron chi connectivity index (χ3n) is 3.50. The molecular weight excluding hydrogens is 310 g/mol. The first kappa shape index (κ1) is 17.5. The maximum absolute atomic E-state index is 6.46. The van der Waals surface area contributed by atoms with Crippen molar-refractivity contribution >= 4 is 28.5 Å². The number of allylic oxidation sites excluding steroid dienone is 3. The van der Waals surface area contributed by atoms with Gasteiger partial charge in [-0.05, 0) is 25.5 Å². The number of halogens is 1. The summed E-state index contributed by atoms with van der Waals surface area (Å²) in [7, 11) is 0. The van der Waals surface area contributed by atoms with Gasteiger partial charge in [0.2, 0.25) is 0 Å². The highest BCUT2D eigenvalue weighted by molar-refractivity contribution is 6.37. The fourth-order valence-corrected chi connectivity index (χ4v) is 2.80. The fraction of sp³-hybridized carbons (Fsp3) is 0.412. The number of anilines is 1. The molecule has 0 radical (unpaired) electrons. The van der Waals surface area contributed by atoms with Gasteiger partial charge in [0.1, 0.15) is 17.3 Å². The molecule has 2 aromatic rings. The van der Waals surface area contributed by atoms with Crippen LogP contribution in [0.25, 0.3) is 11.0 Å². The van der Waals surface area contributed by atoms with Crippen LogP contribution < -0.4 is 11.1 Å². The van der Waals surface area contributed by atoms with E-state index in [1.54, 1.807) is 0 Å². The van der Waals surface area contributed by atoms with Crippen LogP contribution in [-0.4, -0.2) is 28.0 Å². The molecule has 1 aliphatic rings. The molecule has 4 N–H and O–H groups in total. The second kappa shape index (κ2) is 8.13. The lowest BCUT2D eigenvalue weighted by atomic mass is 10.2. The molecule has 2 aromatic heterocycles. The summed E-state index contributed by atoms with van der Waals surface area (Å²) in [4.78, 5) is 12.2. The SMILES string of the molecule is CC.Cc1nc(NCC2=CC=CC2)c2c(Cl)c(CCN)[nH]c2n1. The number of aromatic nitrogens is 3. The number of nitrogens with zero attached hydrogens (tertiary/aromatic N) is 2. The topological polar surface area (TPSA) is 79.6 Å². The van der Waals surface area contributed by atoms with Gasteiger partial charge < -0.3 is 16.0 Å². The number of hydrogen-bond acceptors (Lipinski definition) is 4. The maximum atomic E-state index is 6.46. The first-order valence-electron chi connectivity index (χ1n) is 8.02. The van der Waals surface area contributed by atoms with Crippen molar-refractivity contribution < 1.29 is 0 Å². The number of nitrogens with two attached hydrogens (primary N) is 1. The molecule has 5 nitrogen and oxygen atoms in total. The molecule has 0 unspecified atom stereocenters. The van der Waals surface area contributed by atoms with Crippen LogP contribution in [0.5, 0.6) is 0 Å². The minimum atomic E-state index is 0.542. The van der Waals surface area contributed by atoms with Crippen LogP contribution in [0.3, 0.4) is 0 Å². The zero-order valence-corrected chi connectivity index (χ0v) is 14.7. The van der Waals surface area contributed by atoms with E-state index < -0.39 is 0 Å². The van der Waals surface area contributed by atoms with Crippen molar-refractivity contribution in [2.45, 2.75) is 33.6 Å². The third-order valence-corrected chi connectivity index (χ3v) is 3.92. The highest BCUT2D eigenvalue weighted by atomic mass is 35.5. The van der Waals surface area contributed by atoms with Gasteiger partial charge >= 0.3 is 0 Å². The zero-order valence-electron chi connectivity index (χ0n) is 13.9. The first-order valence-corrected chi connectivity index (χ1v) is 8.40. The van der Waals surface area contributed by atoms with Crippen LogP contribution in [0.15, 0.2) is 23.8 Å². The number of fused-ring (bicyclic) bond motifs is 1. The Kier molecular flexibility index (Phi) is 6.19. The smallest absolute Gasteiger partial charge is 0.144 e. The van der Waals surface area contributed by atoms with Crippen LogP contribution >= 0.6 is 11.6 Å². The third kappa shape index (κ3) is 3.92. The van der Waals surface area contributed by atoms with Gasteiger partial charge in [-0.25, -0.2) is 9.97 Å². The van der Waals surface area contributed by atoms with Crippen molar-refractivity contribution in [3.05, 3.63) is 40.3 Å². The predicted octanol–water partition coefficient (Wildman–Crippen LogP) is 3.75. The van der Waals surface area contributed by atoms with Gasteiger partial charge in [-0.15, -0.1) is 0 Å². The fourth-order valence-electron chi connectivity index (χ4n) is 2.48. The number of rotatable bonds is 5. The van der Waals surface area contributed by atoms with Gasteiger partial charge in [0.15, 0.2) is 0 Å². The summed E-state index contributed by atoms with van der Waals surface area (Å²) in [6.07, 6.45) is 8.01. The van der Waals surface area contributed by atoms with Crippen molar-refractivity contribution in [3.63, 3.8) is 0 Å². The van der Waals surface area contributed by atoms with E-state index >= 15 is 0 Å². The first-order chi connectivity index (χ1) is 11.2. The van der Waals surface area contributed by atoms with Gasteiger partial charge in [-0.1, -0.05) is 43.7 Å². The molecule has 0 aromatic carbocycles. The molecule has 0 atom stereocenters. The van der Waals surface area contributed by atoms with Crippen LogP contribution in [-0.2, 0) is 6.42 Å². The number of hydrogen-bond donors (Lipinski definition) is 3. The molecule has 2 heterocycles. The van der Waals surface area contributed by atoms with Gasteiger partial charge in [0, 0.05) is 18.7 Å². The van der Waals surface area contributed by atoms with Crippen molar-refractivity contribution in [2.24, 2.45) is 5.73 Å². The molecule has 1 aliphatic carbocycles. The molecule has 124 valence electrons. The van der Waals surface area contributed by atoms with E-state index in [0.29, 0.717) is 23.8 Å². The number of aryl methyl sites for hydroxylation is 1. The molecule has 3 rings (SSSR count). The lowest BCUT2D eigenvalue weighted by molar-refractivity contribution is 0.936. The predicted molar refractivity (Wildman–Crippen MR) is 98.1 cm³/mol. The Bertz CT molecular complexity index is 730. The van der Waals surface area contributed by atoms with Crippen molar-refractivity contribution in [2.75, 3.05) is 18.4 Å². The summed E-state index contributed by atoms with van der Waals surface area (Å²) in [5.74, 6) is 1.48. The normalized spacial score (nSPS) is 13.0. The number of nitrogens with one attached hydrogen (secondary N) is 2. The number of H-pyrrole nitrogens is 1. The Labute approximate surface area is 142 Å². The summed E-state index contributed by atoms with van der Waals surface area (Å²) in [6.45, 7) is 7.17. The summed E-state index contributed by atoms with van der Waals surface area (Å²) in [5, 5.41) is 4.88. The quantitative estimate of drug-likeness (QED) is 0.778. The summed E-state index contributed by atoms with van der Waals surface area (Å²) >= 11 is 6.46. The molecule has 0 aliphatic heterocycles. The van der Waals surface area contributed by atoms with E-state index in [2.05, 4.69) is 38.5 Å². The van der Waals surface area contributed by atoms with Crippen LogP contribution in [0, 0.1) is 6.92 Å². The van der Waals surface area contributed by atoms with Crippen molar-refractivity contribution in [1.82, 2.24) is 15.0 Å². The van der Waals surface area contributed by atoms with E-state index in [9.17, 15) is 0 Å². The molecule has 0 saturated heterocycles. The Balaban J connectivity index is 0.000000924. The van der Waals surface area contributed by atoms with Crippen LogP contribution in [0.2, 0.25) is 5.02 Å². The van der Waals surface area contributed by atoms with Crippen LogP contribution in [0.1, 0.15) is 31.8 Å². The Morgan fingerprint density at radius 1 is 1.35 bits per heavy atom. The van der Waals surface area contributed by atoms with Crippen LogP contribution in [0.4, 0.5) is 5.82 Å².